The van der Waals surface area contributed by atoms with E-state index in [4.69, 9.17) is 31.8 Å². The summed E-state index contributed by atoms with van der Waals surface area (Å²) in [6.45, 7) is 3.92. The Labute approximate surface area is 208 Å². The van der Waals surface area contributed by atoms with Gasteiger partial charge in [0.1, 0.15) is 23.3 Å². The molecule has 2 aliphatic rings. The number of hydrogen-bond donors (Lipinski definition) is 1. The molecule has 4 aromatic rings. The zero-order valence-electron chi connectivity index (χ0n) is 19.6. The average molecular weight is 477 g/mol. The standard InChI is InChI=1S/C27H22BClN6/c1-16-17-10-4-6-12-19(17)24(31-16)32-26-21-14-8-9-15-22(21)27(35(26)28(2)29)33-25-20-13-7-5-11-18(20)23(30)34(25)3/h4-15,30H,1-3H3. The molecule has 0 spiro atoms. The molecule has 3 aromatic carbocycles. The molecule has 2 aliphatic heterocycles. The molecule has 6 nitrogen and oxygen atoms in total. The van der Waals surface area contributed by atoms with E-state index < -0.39 is 6.26 Å². The van der Waals surface area contributed by atoms with Crippen LogP contribution in [0.5, 0.6) is 0 Å². The largest absolute Gasteiger partial charge is 0.364 e. The number of benzene rings is 3. The summed E-state index contributed by atoms with van der Waals surface area (Å²) in [5, 5.41) is 10.5. The summed E-state index contributed by atoms with van der Waals surface area (Å²) in [6.07, 6.45) is -0.413. The molecular formula is C27H22BClN6. The quantitative estimate of drug-likeness (QED) is 0.357. The van der Waals surface area contributed by atoms with Crippen molar-refractivity contribution in [2.75, 3.05) is 7.05 Å². The number of hydrogen-bond acceptors (Lipinski definition) is 3. The first-order valence-electron chi connectivity index (χ1n) is 11.5. The normalized spacial score (nSPS) is 16.9. The summed E-state index contributed by atoms with van der Waals surface area (Å²) in [4.78, 5) is 16.7. The molecule has 1 aromatic heterocycles. The molecule has 0 fully saturated rings. The van der Waals surface area contributed by atoms with Crippen LogP contribution in [0.25, 0.3) is 10.8 Å². The highest BCUT2D eigenvalue weighted by atomic mass is 35.5. The van der Waals surface area contributed by atoms with E-state index in [0.717, 1.165) is 44.6 Å². The van der Waals surface area contributed by atoms with Crippen LogP contribution >= 0.6 is 11.5 Å². The second-order valence-electron chi connectivity index (χ2n) is 8.70. The van der Waals surface area contributed by atoms with Gasteiger partial charge in [-0.2, -0.15) is 11.5 Å². The van der Waals surface area contributed by atoms with Crippen LogP contribution in [0.1, 0.15) is 29.2 Å². The van der Waals surface area contributed by atoms with Crippen molar-refractivity contribution < 1.29 is 0 Å². The van der Waals surface area contributed by atoms with Crippen LogP contribution in [-0.2, 0) is 0 Å². The predicted molar refractivity (Wildman–Crippen MR) is 147 cm³/mol. The molecule has 0 bridgehead atoms. The molecular weight excluding hydrogens is 455 g/mol. The lowest BCUT2D eigenvalue weighted by atomic mass is 9.97. The van der Waals surface area contributed by atoms with Crippen LogP contribution < -0.4 is 0 Å². The summed E-state index contributed by atoms with van der Waals surface area (Å²) in [6, 6.07) is 24.1. The maximum Gasteiger partial charge on any atom is 0.364 e. The first kappa shape index (κ1) is 21.6. The fraction of sp³-hybridized carbons (Fsp3) is 0.111. The van der Waals surface area contributed by atoms with E-state index in [1.54, 1.807) is 0 Å². The van der Waals surface area contributed by atoms with E-state index in [0.29, 0.717) is 23.3 Å². The number of fused-ring (bicyclic) bond motifs is 3. The van der Waals surface area contributed by atoms with Gasteiger partial charge in [0.25, 0.3) is 0 Å². The van der Waals surface area contributed by atoms with Crippen molar-refractivity contribution in [1.29, 1.82) is 5.41 Å². The molecule has 0 saturated carbocycles. The smallest absolute Gasteiger partial charge is 0.339 e. The first-order chi connectivity index (χ1) is 17.0. The lowest BCUT2D eigenvalue weighted by Crippen LogP contribution is -2.25. The molecule has 0 atom stereocenters. The predicted octanol–water partition coefficient (Wildman–Crippen LogP) is 6.10. The number of amidine groups is 3. The van der Waals surface area contributed by atoms with Crippen LogP contribution in [0.2, 0.25) is 6.82 Å². The third-order valence-electron chi connectivity index (χ3n) is 6.55. The SMILES string of the molecule is CB(Cl)n1c(N=C2N=C(C)c3ccccc32)c2ccccc2c1N=C1c2ccccc2C(=N)N1C. The van der Waals surface area contributed by atoms with Gasteiger partial charge in [0.15, 0.2) is 5.84 Å². The molecule has 0 saturated heterocycles. The van der Waals surface area contributed by atoms with Gasteiger partial charge in [-0.05, 0) is 13.7 Å². The molecule has 170 valence electrons. The molecule has 1 N–H and O–H groups in total. The van der Waals surface area contributed by atoms with Gasteiger partial charge in [-0.3, -0.25) is 5.41 Å². The molecule has 3 heterocycles. The Morgan fingerprint density at radius 3 is 2.00 bits per heavy atom. The van der Waals surface area contributed by atoms with E-state index >= 15 is 0 Å². The lowest BCUT2D eigenvalue weighted by molar-refractivity contribution is 0.764. The number of aliphatic imine (C=N–C) groups is 3. The van der Waals surface area contributed by atoms with Gasteiger partial charge in [0, 0.05) is 45.8 Å². The minimum Gasteiger partial charge on any atom is -0.339 e. The van der Waals surface area contributed by atoms with Crippen molar-refractivity contribution in [2.45, 2.75) is 13.7 Å². The summed E-state index contributed by atoms with van der Waals surface area (Å²) in [7, 11) is 1.87. The minimum atomic E-state index is -0.413. The summed E-state index contributed by atoms with van der Waals surface area (Å²) in [5.74, 6) is 3.24. The van der Waals surface area contributed by atoms with Crippen molar-refractivity contribution in [1.82, 2.24) is 9.38 Å². The third-order valence-corrected chi connectivity index (χ3v) is 6.75. The van der Waals surface area contributed by atoms with Crippen LogP contribution in [0.3, 0.4) is 0 Å². The molecule has 35 heavy (non-hydrogen) atoms. The van der Waals surface area contributed by atoms with Gasteiger partial charge < -0.3 is 9.38 Å². The Morgan fingerprint density at radius 1 is 0.800 bits per heavy atom. The van der Waals surface area contributed by atoms with E-state index in [-0.39, 0.29) is 0 Å². The Bertz CT molecular complexity index is 1630. The second-order valence-corrected chi connectivity index (χ2v) is 9.34. The number of nitrogens with one attached hydrogen (secondary N) is 1. The lowest BCUT2D eigenvalue weighted by Gasteiger charge is -2.14. The van der Waals surface area contributed by atoms with Gasteiger partial charge in [0.05, 0.1) is 0 Å². The summed E-state index contributed by atoms with van der Waals surface area (Å²) < 4.78 is 1.95. The van der Waals surface area contributed by atoms with Crippen molar-refractivity contribution in [3.8, 4) is 0 Å². The van der Waals surface area contributed by atoms with Gasteiger partial charge in [0.2, 0.25) is 0 Å². The Morgan fingerprint density at radius 2 is 1.34 bits per heavy atom. The maximum atomic E-state index is 8.55. The molecule has 0 amide bonds. The molecule has 0 aliphatic carbocycles. The molecule has 0 unspecified atom stereocenters. The Balaban J connectivity index is 1.63. The average Bonchev–Trinajstić information content (AvgIpc) is 3.44. The topological polar surface area (TPSA) is 69.1 Å². The van der Waals surface area contributed by atoms with E-state index in [9.17, 15) is 0 Å². The summed E-state index contributed by atoms with van der Waals surface area (Å²) >= 11 is 6.78. The highest BCUT2D eigenvalue weighted by Crippen LogP contribution is 2.40. The van der Waals surface area contributed by atoms with Gasteiger partial charge in [-0.25, -0.2) is 15.0 Å². The Hall–Kier alpha value is -3.97. The van der Waals surface area contributed by atoms with E-state index in [2.05, 4.69) is 6.07 Å². The molecule has 0 radical (unpaired) electrons. The maximum absolute atomic E-state index is 8.55. The zero-order valence-corrected chi connectivity index (χ0v) is 20.4. The number of aromatic nitrogens is 1. The van der Waals surface area contributed by atoms with Crippen molar-refractivity contribution >= 4 is 63.3 Å². The highest BCUT2D eigenvalue weighted by molar-refractivity contribution is 7.05. The van der Waals surface area contributed by atoms with Crippen LogP contribution in [-0.4, -0.2) is 45.9 Å². The van der Waals surface area contributed by atoms with E-state index in [1.165, 1.54) is 0 Å². The van der Waals surface area contributed by atoms with Crippen molar-refractivity contribution in [3.05, 3.63) is 95.1 Å². The van der Waals surface area contributed by atoms with Crippen LogP contribution in [0.4, 0.5) is 11.6 Å². The number of halogens is 1. The van der Waals surface area contributed by atoms with Crippen molar-refractivity contribution in [2.24, 2.45) is 15.0 Å². The highest BCUT2D eigenvalue weighted by Gasteiger charge is 2.30. The van der Waals surface area contributed by atoms with Gasteiger partial charge in [-0.15, -0.1) is 0 Å². The molecule has 8 heteroatoms. The zero-order chi connectivity index (χ0) is 24.3. The number of rotatable bonds is 3. The third kappa shape index (κ3) is 3.26. The fourth-order valence-electron chi connectivity index (χ4n) is 4.84. The van der Waals surface area contributed by atoms with E-state index in [1.807, 2.05) is 96.9 Å². The van der Waals surface area contributed by atoms with Crippen LogP contribution in [0.15, 0.2) is 87.8 Å². The monoisotopic (exact) mass is 476 g/mol. The van der Waals surface area contributed by atoms with Gasteiger partial charge in [-0.1, -0.05) is 72.8 Å². The number of nitrogens with zero attached hydrogens (tertiary/aromatic N) is 5. The Kier molecular flexibility index (Phi) is 4.97. The summed E-state index contributed by atoms with van der Waals surface area (Å²) in [5.41, 5.74) is 4.84. The first-order valence-corrected chi connectivity index (χ1v) is 11.9. The fourth-order valence-corrected chi connectivity index (χ4v) is 5.03. The second kappa shape index (κ2) is 8.06. The van der Waals surface area contributed by atoms with Crippen molar-refractivity contribution in [3.63, 3.8) is 0 Å². The molecule has 6 rings (SSSR count). The van der Waals surface area contributed by atoms with Crippen LogP contribution in [0, 0.1) is 5.41 Å². The minimum absolute atomic E-state index is 0.413. The van der Waals surface area contributed by atoms with Gasteiger partial charge >= 0.3 is 6.26 Å².